The van der Waals surface area contributed by atoms with E-state index in [1.807, 2.05) is 20.0 Å². The number of anilines is 1. The molecule has 1 aromatic rings. The maximum absolute atomic E-state index is 4.68. The molecule has 1 N–H and O–H groups in total. The molecule has 0 aliphatic carbocycles. The van der Waals surface area contributed by atoms with Crippen molar-refractivity contribution in [2.24, 2.45) is 11.8 Å². The average Bonchev–Trinajstić information content (AvgIpc) is 2.86. The summed E-state index contributed by atoms with van der Waals surface area (Å²) in [6.07, 6.45) is 1.92. The average molecular weight is 232 g/mol. The van der Waals surface area contributed by atoms with Gasteiger partial charge in [0.1, 0.15) is 5.82 Å². The fraction of sp³-hybridized carbons (Fsp3) is 0.692. The fourth-order valence-corrected chi connectivity index (χ4v) is 3.14. The molecular formula is C13H20N4. The van der Waals surface area contributed by atoms with Gasteiger partial charge in [-0.25, -0.2) is 4.98 Å². The number of nitrogens with zero attached hydrogens (tertiary/aromatic N) is 3. The van der Waals surface area contributed by atoms with Crippen LogP contribution < -0.4 is 10.2 Å². The summed E-state index contributed by atoms with van der Waals surface area (Å²) in [6.45, 7) is 9.79. The quantitative estimate of drug-likeness (QED) is 0.788. The molecule has 2 saturated heterocycles. The predicted octanol–water partition coefficient (Wildman–Crippen LogP) is 1.14. The van der Waals surface area contributed by atoms with Crippen LogP contribution in [0.5, 0.6) is 0 Å². The molecule has 2 aliphatic heterocycles. The summed E-state index contributed by atoms with van der Waals surface area (Å²) >= 11 is 0. The van der Waals surface area contributed by atoms with Gasteiger partial charge in [0.05, 0.1) is 17.6 Å². The number of nitrogens with one attached hydrogen (secondary N) is 1. The van der Waals surface area contributed by atoms with Gasteiger partial charge < -0.3 is 10.2 Å². The largest absolute Gasteiger partial charge is 0.352 e. The van der Waals surface area contributed by atoms with Crippen molar-refractivity contribution >= 4 is 5.82 Å². The molecule has 3 heterocycles. The Morgan fingerprint density at radius 1 is 1.29 bits per heavy atom. The molecule has 0 radical (unpaired) electrons. The smallest absolute Gasteiger partial charge is 0.147 e. The number of aromatic nitrogens is 2. The van der Waals surface area contributed by atoms with Crippen LogP contribution >= 0.6 is 0 Å². The summed E-state index contributed by atoms with van der Waals surface area (Å²) in [4.78, 5) is 11.5. The summed E-state index contributed by atoms with van der Waals surface area (Å²) in [5, 5.41) is 3.48. The van der Waals surface area contributed by atoms with Crippen molar-refractivity contribution in [3.63, 3.8) is 0 Å². The van der Waals surface area contributed by atoms with E-state index in [9.17, 15) is 0 Å². The van der Waals surface area contributed by atoms with E-state index in [4.69, 9.17) is 0 Å². The Kier molecular flexibility index (Phi) is 2.54. The van der Waals surface area contributed by atoms with E-state index in [0.717, 1.165) is 48.7 Å². The summed E-state index contributed by atoms with van der Waals surface area (Å²) in [7, 11) is 0. The minimum atomic E-state index is 0.575. The first-order valence-corrected chi connectivity index (χ1v) is 6.44. The highest BCUT2D eigenvalue weighted by Gasteiger charge is 2.42. The van der Waals surface area contributed by atoms with E-state index in [2.05, 4.69) is 27.1 Å². The lowest BCUT2D eigenvalue weighted by Gasteiger charge is -2.25. The van der Waals surface area contributed by atoms with Crippen molar-refractivity contribution in [3.8, 4) is 0 Å². The van der Waals surface area contributed by atoms with Gasteiger partial charge in [-0.2, -0.15) is 0 Å². The molecule has 0 bridgehead atoms. The highest BCUT2D eigenvalue weighted by Crippen LogP contribution is 2.34. The Bertz CT molecular complexity index is 431. The molecule has 4 nitrogen and oxygen atoms in total. The van der Waals surface area contributed by atoms with Crippen LogP contribution in [0.2, 0.25) is 0 Å². The Hall–Kier alpha value is -1.16. The monoisotopic (exact) mass is 232 g/mol. The van der Waals surface area contributed by atoms with Gasteiger partial charge in [-0.05, 0) is 32.6 Å². The van der Waals surface area contributed by atoms with Gasteiger partial charge in [0, 0.05) is 25.7 Å². The second-order valence-corrected chi connectivity index (χ2v) is 5.37. The summed E-state index contributed by atoms with van der Waals surface area (Å²) in [5.74, 6) is 2.61. The zero-order valence-corrected chi connectivity index (χ0v) is 10.8. The molecule has 0 spiro atoms. The lowest BCUT2D eigenvalue weighted by atomic mass is 9.95. The maximum atomic E-state index is 4.68. The molecule has 92 valence electrons. The van der Waals surface area contributed by atoms with Crippen molar-refractivity contribution in [3.05, 3.63) is 17.6 Å². The highest BCUT2D eigenvalue weighted by atomic mass is 15.3. The topological polar surface area (TPSA) is 41.1 Å². The van der Waals surface area contributed by atoms with Crippen molar-refractivity contribution in [1.29, 1.82) is 0 Å². The van der Waals surface area contributed by atoms with E-state index >= 15 is 0 Å². The molecule has 0 aromatic carbocycles. The summed E-state index contributed by atoms with van der Waals surface area (Å²) in [5.41, 5.74) is 2.08. The van der Waals surface area contributed by atoms with Crippen molar-refractivity contribution in [2.75, 3.05) is 24.5 Å². The standard InChI is InChI=1S/C13H20N4/c1-8-9(2)16-13(6-15-8)17-7-11-4-14-5-12(11)10(17)3/h6,10-12,14H,4-5,7H2,1-3H3. The number of hydrogen-bond donors (Lipinski definition) is 1. The summed E-state index contributed by atoms with van der Waals surface area (Å²) < 4.78 is 0. The van der Waals surface area contributed by atoms with Gasteiger partial charge in [-0.3, -0.25) is 4.98 Å². The third kappa shape index (κ3) is 1.71. The molecule has 0 amide bonds. The zero-order chi connectivity index (χ0) is 12.0. The molecule has 2 fully saturated rings. The van der Waals surface area contributed by atoms with Gasteiger partial charge in [-0.15, -0.1) is 0 Å². The van der Waals surface area contributed by atoms with Crippen molar-refractivity contribution < 1.29 is 0 Å². The molecular weight excluding hydrogens is 212 g/mol. The van der Waals surface area contributed by atoms with Crippen LogP contribution in [0.4, 0.5) is 5.82 Å². The number of rotatable bonds is 1. The molecule has 2 aliphatic rings. The lowest BCUT2D eigenvalue weighted by Crippen LogP contribution is -2.34. The van der Waals surface area contributed by atoms with Crippen LogP contribution in [0.1, 0.15) is 18.3 Å². The van der Waals surface area contributed by atoms with Gasteiger partial charge >= 0.3 is 0 Å². The van der Waals surface area contributed by atoms with Crippen LogP contribution in [0.25, 0.3) is 0 Å². The molecule has 4 heteroatoms. The molecule has 1 aromatic heterocycles. The van der Waals surface area contributed by atoms with Crippen molar-refractivity contribution in [2.45, 2.75) is 26.8 Å². The van der Waals surface area contributed by atoms with E-state index in [1.54, 1.807) is 0 Å². The van der Waals surface area contributed by atoms with Crippen LogP contribution in [-0.4, -0.2) is 35.6 Å². The molecule has 3 unspecified atom stereocenters. The Morgan fingerprint density at radius 2 is 2.12 bits per heavy atom. The zero-order valence-electron chi connectivity index (χ0n) is 10.8. The predicted molar refractivity (Wildman–Crippen MR) is 68.2 cm³/mol. The first-order chi connectivity index (χ1) is 8.16. The molecule has 17 heavy (non-hydrogen) atoms. The highest BCUT2D eigenvalue weighted by molar-refractivity contribution is 5.41. The van der Waals surface area contributed by atoms with Gasteiger partial charge in [0.25, 0.3) is 0 Å². The van der Waals surface area contributed by atoms with E-state index in [-0.39, 0.29) is 0 Å². The second-order valence-electron chi connectivity index (χ2n) is 5.37. The normalized spacial score (nSPS) is 31.9. The van der Waals surface area contributed by atoms with Crippen LogP contribution in [0.15, 0.2) is 6.20 Å². The number of aryl methyl sites for hydroxylation is 2. The molecule has 3 rings (SSSR count). The third-order valence-corrected chi connectivity index (χ3v) is 4.41. The minimum Gasteiger partial charge on any atom is -0.352 e. The SMILES string of the molecule is Cc1ncc(N2CC3CNCC3C2C)nc1C. The van der Waals surface area contributed by atoms with Crippen molar-refractivity contribution in [1.82, 2.24) is 15.3 Å². The van der Waals surface area contributed by atoms with E-state index in [1.165, 1.54) is 0 Å². The van der Waals surface area contributed by atoms with E-state index in [0.29, 0.717) is 6.04 Å². The Morgan fingerprint density at radius 3 is 2.82 bits per heavy atom. The Balaban J connectivity index is 1.87. The molecule has 0 saturated carbocycles. The van der Waals surface area contributed by atoms with Gasteiger partial charge in [-0.1, -0.05) is 0 Å². The lowest BCUT2D eigenvalue weighted by molar-refractivity contribution is 0.471. The van der Waals surface area contributed by atoms with Gasteiger partial charge in [0.2, 0.25) is 0 Å². The Labute approximate surface area is 102 Å². The summed E-state index contributed by atoms with van der Waals surface area (Å²) in [6, 6.07) is 0.575. The fourth-order valence-electron chi connectivity index (χ4n) is 3.14. The third-order valence-electron chi connectivity index (χ3n) is 4.41. The number of fused-ring (bicyclic) bond motifs is 1. The minimum absolute atomic E-state index is 0.575. The second kappa shape index (κ2) is 3.95. The van der Waals surface area contributed by atoms with E-state index < -0.39 is 0 Å². The molecule has 3 atom stereocenters. The first kappa shape index (κ1) is 11.0. The van der Waals surface area contributed by atoms with Crippen LogP contribution in [0.3, 0.4) is 0 Å². The van der Waals surface area contributed by atoms with Crippen LogP contribution in [-0.2, 0) is 0 Å². The van der Waals surface area contributed by atoms with Gasteiger partial charge in [0.15, 0.2) is 0 Å². The first-order valence-electron chi connectivity index (χ1n) is 6.44. The maximum Gasteiger partial charge on any atom is 0.147 e. The number of hydrogen-bond acceptors (Lipinski definition) is 4. The van der Waals surface area contributed by atoms with Crippen LogP contribution in [0, 0.1) is 25.7 Å².